The predicted molar refractivity (Wildman–Crippen MR) is 108 cm³/mol. The van der Waals surface area contributed by atoms with Gasteiger partial charge in [-0.25, -0.2) is 17.6 Å². The van der Waals surface area contributed by atoms with Crippen molar-refractivity contribution in [1.29, 1.82) is 0 Å². The molecule has 0 amide bonds. The van der Waals surface area contributed by atoms with Crippen LogP contribution in [0.2, 0.25) is 0 Å². The van der Waals surface area contributed by atoms with Gasteiger partial charge in [-0.3, -0.25) is 0 Å². The van der Waals surface area contributed by atoms with Crippen molar-refractivity contribution in [3.8, 4) is 0 Å². The molecule has 0 fully saturated rings. The average Bonchev–Trinajstić information content (AvgIpc) is 2.69. The van der Waals surface area contributed by atoms with Crippen molar-refractivity contribution >= 4 is 0 Å². The number of benzene rings is 1. The minimum atomic E-state index is -1.77. The van der Waals surface area contributed by atoms with Crippen molar-refractivity contribution in [2.24, 2.45) is 5.92 Å². The molecule has 1 aromatic carbocycles. The van der Waals surface area contributed by atoms with Gasteiger partial charge in [0.15, 0.2) is 29.1 Å². The van der Waals surface area contributed by atoms with Gasteiger partial charge in [0.1, 0.15) is 0 Å². The fourth-order valence-electron chi connectivity index (χ4n) is 3.82. The minimum Gasteiger partial charge on any atom is -0.350 e. The number of ether oxygens (including phenoxy) is 2. The zero-order valence-corrected chi connectivity index (χ0v) is 18.3. The fourth-order valence-corrected chi connectivity index (χ4v) is 3.82. The largest absolute Gasteiger partial charge is 0.350 e. The Kier molecular flexibility index (Phi) is 11.8. The zero-order chi connectivity index (χ0) is 21.9. The second-order valence-electron chi connectivity index (χ2n) is 7.63. The molecule has 0 saturated heterocycles. The van der Waals surface area contributed by atoms with Crippen molar-refractivity contribution in [2.75, 3.05) is 13.2 Å². The molecular formula is C23H36F4O2. The summed E-state index contributed by atoms with van der Waals surface area (Å²) < 4.78 is 66.2. The summed E-state index contributed by atoms with van der Waals surface area (Å²) in [5.41, 5.74) is -0.162. The van der Waals surface area contributed by atoms with Gasteiger partial charge in [0.2, 0.25) is 0 Å². The molecule has 168 valence electrons. The van der Waals surface area contributed by atoms with E-state index in [4.69, 9.17) is 9.47 Å². The summed E-state index contributed by atoms with van der Waals surface area (Å²) in [7, 11) is 0. The van der Waals surface area contributed by atoms with E-state index >= 15 is 0 Å². The first-order valence-corrected chi connectivity index (χ1v) is 10.9. The molecule has 0 aliphatic carbocycles. The molecule has 1 atom stereocenters. The SMILES string of the molecule is CCCCCCCCC(CCc1cc(F)c(F)c(F)c1F)C(C)(OCC)OCC. The molecule has 29 heavy (non-hydrogen) atoms. The smallest absolute Gasteiger partial charge is 0.197 e. The third kappa shape index (κ3) is 7.89. The number of hydrogen-bond donors (Lipinski definition) is 0. The fraction of sp³-hybridized carbons (Fsp3) is 0.739. The van der Waals surface area contributed by atoms with Crippen LogP contribution in [0.1, 0.15) is 84.6 Å². The second kappa shape index (κ2) is 13.2. The van der Waals surface area contributed by atoms with Crippen LogP contribution < -0.4 is 0 Å². The van der Waals surface area contributed by atoms with Crippen LogP contribution in [0, 0.1) is 29.2 Å². The summed E-state index contributed by atoms with van der Waals surface area (Å²) in [6.07, 6.45) is 8.13. The van der Waals surface area contributed by atoms with E-state index in [9.17, 15) is 17.6 Å². The summed E-state index contributed by atoms with van der Waals surface area (Å²) >= 11 is 0. The Labute approximate surface area is 173 Å². The second-order valence-corrected chi connectivity index (χ2v) is 7.63. The normalized spacial score (nSPS) is 13.1. The molecule has 0 N–H and O–H groups in total. The molecule has 0 radical (unpaired) electrons. The first-order valence-electron chi connectivity index (χ1n) is 10.9. The van der Waals surface area contributed by atoms with E-state index in [1.54, 1.807) is 0 Å². The van der Waals surface area contributed by atoms with E-state index in [0.29, 0.717) is 19.6 Å². The van der Waals surface area contributed by atoms with Crippen LogP contribution in [0.4, 0.5) is 17.6 Å². The van der Waals surface area contributed by atoms with E-state index in [1.807, 2.05) is 20.8 Å². The topological polar surface area (TPSA) is 18.5 Å². The lowest BCUT2D eigenvalue weighted by Gasteiger charge is -2.37. The summed E-state index contributed by atoms with van der Waals surface area (Å²) in [6, 6.07) is 0.744. The van der Waals surface area contributed by atoms with E-state index in [-0.39, 0.29) is 17.9 Å². The van der Waals surface area contributed by atoms with Crippen molar-refractivity contribution < 1.29 is 27.0 Å². The van der Waals surface area contributed by atoms with Gasteiger partial charge in [-0.15, -0.1) is 0 Å². The quantitative estimate of drug-likeness (QED) is 0.0972. The van der Waals surface area contributed by atoms with Gasteiger partial charge < -0.3 is 9.47 Å². The van der Waals surface area contributed by atoms with Crippen molar-refractivity contribution in [2.45, 2.75) is 91.3 Å². The molecule has 6 heteroatoms. The molecule has 1 aromatic rings. The van der Waals surface area contributed by atoms with Crippen LogP contribution in [-0.2, 0) is 15.9 Å². The summed E-state index contributed by atoms with van der Waals surface area (Å²) in [6.45, 7) is 8.71. The lowest BCUT2D eigenvalue weighted by Crippen LogP contribution is -2.41. The molecule has 0 spiro atoms. The molecule has 0 aliphatic heterocycles. The molecule has 1 unspecified atom stereocenters. The minimum absolute atomic E-state index is 0.0795. The molecule has 0 aromatic heterocycles. The Morgan fingerprint density at radius 1 is 0.793 bits per heavy atom. The van der Waals surface area contributed by atoms with Crippen molar-refractivity contribution in [1.82, 2.24) is 0 Å². The summed E-state index contributed by atoms with van der Waals surface area (Å²) in [5.74, 6) is -7.17. The molecule has 2 nitrogen and oxygen atoms in total. The van der Waals surface area contributed by atoms with Gasteiger partial charge in [-0.05, 0) is 51.7 Å². The average molecular weight is 421 g/mol. The first kappa shape index (κ1) is 25.9. The number of halogens is 4. The molecule has 0 aliphatic rings. The standard InChI is InChI=1S/C23H36F4O2/c1-5-8-9-10-11-12-13-18(23(4,28-6-2)29-7-3)15-14-17-16-19(24)21(26)22(27)20(17)25/h16,18H,5-15H2,1-4H3. The Morgan fingerprint density at radius 2 is 1.38 bits per heavy atom. The van der Waals surface area contributed by atoms with Crippen LogP contribution in [-0.4, -0.2) is 19.0 Å². The molecule has 0 saturated carbocycles. The summed E-state index contributed by atoms with van der Waals surface area (Å²) in [4.78, 5) is 0. The Hall–Kier alpha value is -1.14. The van der Waals surface area contributed by atoms with Gasteiger partial charge in [-0.2, -0.15) is 0 Å². The first-order chi connectivity index (χ1) is 13.8. The highest BCUT2D eigenvalue weighted by atomic mass is 19.2. The molecule has 1 rings (SSSR count). The van der Waals surface area contributed by atoms with Gasteiger partial charge >= 0.3 is 0 Å². The van der Waals surface area contributed by atoms with Gasteiger partial charge in [0, 0.05) is 19.1 Å². The monoisotopic (exact) mass is 420 g/mol. The third-order valence-electron chi connectivity index (χ3n) is 5.45. The Morgan fingerprint density at radius 3 is 1.97 bits per heavy atom. The van der Waals surface area contributed by atoms with Gasteiger partial charge in [0.25, 0.3) is 0 Å². The van der Waals surface area contributed by atoms with Crippen molar-refractivity contribution in [3.63, 3.8) is 0 Å². The van der Waals surface area contributed by atoms with E-state index in [2.05, 4.69) is 6.92 Å². The van der Waals surface area contributed by atoms with E-state index < -0.39 is 29.1 Å². The predicted octanol–water partition coefficient (Wildman–Crippen LogP) is 7.33. The Balaban J connectivity index is 2.87. The maximum atomic E-state index is 14.1. The van der Waals surface area contributed by atoms with Crippen LogP contribution in [0.5, 0.6) is 0 Å². The highest BCUT2D eigenvalue weighted by Crippen LogP contribution is 2.33. The third-order valence-corrected chi connectivity index (χ3v) is 5.45. The van der Waals surface area contributed by atoms with Crippen LogP contribution in [0.25, 0.3) is 0 Å². The van der Waals surface area contributed by atoms with E-state index in [1.165, 1.54) is 19.3 Å². The Bertz CT molecular complexity index is 601. The maximum Gasteiger partial charge on any atom is 0.197 e. The van der Waals surface area contributed by atoms with Crippen molar-refractivity contribution in [3.05, 3.63) is 34.9 Å². The molecule has 0 bridgehead atoms. The number of unbranched alkanes of at least 4 members (excludes halogenated alkanes) is 5. The van der Waals surface area contributed by atoms with Crippen LogP contribution in [0.15, 0.2) is 6.07 Å². The maximum absolute atomic E-state index is 14.1. The summed E-state index contributed by atoms with van der Waals surface area (Å²) in [5, 5.41) is 0. The lowest BCUT2D eigenvalue weighted by atomic mass is 9.87. The highest BCUT2D eigenvalue weighted by Gasteiger charge is 2.35. The molecular weight excluding hydrogens is 384 g/mol. The van der Waals surface area contributed by atoms with Gasteiger partial charge in [0.05, 0.1) is 0 Å². The lowest BCUT2D eigenvalue weighted by molar-refractivity contribution is -0.254. The van der Waals surface area contributed by atoms with E-state index in [0.717, 1.165) is 31.7 Å². The number of hydrogen-bond acceptors (Lipinski definition) is 2. The highest BCUT2D eigenvalue weighted by molar-refractivity contribution is 5.22. The number of aryl methyl sites for hydroxylation is 1. The zero-order valence-electron chi connectivity index (χ0n) is 18.3. The number of rotatable bonds is 15. The van der Waals surface area contributed by atoms with Crippen LogP contribution in [0.3, 0.4) is 0 Å². The van der Waals surface area contributed by atoms with Gasteiger partial charge in [-0.1, -0.05) is 45.4 Å². The van der Waals surface area contributed by atoms with Crippen LogP contribution >= 0.6 is 0 Å². The molecule has 0 heterocycles.